The first kappa shape index (κ1) is 13.4. The van der Waals surface area contributed by atoms with Crippen LogP contribution in [0.15, 0.2) is 54.6 Å². The van der Waals surface area contributed by atoms with Crippen molar-refractivity contribution in [2.45, 2.75) is 12.8 Å². The van der Waals surface area contributed by atoms with E-state index in [9.17, 15) is 0 Å². The van der Waals surface area contributed by atoms with Gasteiger partial charge in [0.15, 0.2) is 5.75 Å². The molecule has 0 spiro atoms. The molecule has 3 heteroatoms. The van der Waals surface area contributed by atoms with Crippen LogP contribution in [-0.2, 0) is 0 Å². The van der Waals surface area contributed by atoms with Gasteiger partial charge in [0.25, 0.3) is 0 Å². The van der Waals surface area contributed by atoms with Gasteiger partial charge in [-0.15, -0.1) is 0 Å². The number of anilines is 1. The predicted octanol–water partition coefficient (Wildman–Crippen LogP) is 3.66. The Balaban J connectivity index is 2.00. The third kappa shape index (κ3) is 4.30. The molecule has 0 saturated carbocycles. The molecule has 0 radical (unpaired) electrons. The molecule has 2 N–H and O–H groups in total. The van der Waals surface area contributed by atoms with Gasteiger partial charge in [0.05, 0.1) is 5.69 Å². The van der Waals surface area contributed by atoms with Gasteiger partial charge in [-0.05, 0) is 37.1 Å². The molecular formula is C16H19NO2. The summed E-state index contributed by atoms with van der Waals surface area (Å²) in [6.07, 6.45) is 1.75. The highest BCUT2D eigenvalue weighted by Crippen LogP contribution is 2.28. The van der Waals surface area contributed by atoms with E-state index in [4.69, 9.17) is 9.84 Å². The Kier molecular flexibility index (Phi) is 5.26. The molecule has 2 aromatic rings. The van der Waals surface area contributed by atoms with Crippen molar-refractivity contribution in [3.63, 3.8) is 0 Å². The summed E-state index contributed by atoms with van der Waals surface area (Å²) in [5.41, 5.74) is 0.976. The van der Waals surface area contributed by atoms with Gasteiger partial charge in [-0.2, -0.15) is 0 Å². The van der Waals surface area contributed by atoms with Crippen LogP contribution >= 0.6 is 0 Å². The van der Waals surface area contributed by atoms with Gasteiger partial charge < -0.3 is 15.2 Å². The maximum Gasteiger partial charge on any atom is 0.150 e. The maximum atomic E-state index is 8.76. The molecule has 0 aliphatic heterocycles. The molecule has 0 atom stereocenters. The fourth-order valence-electron chi connectivity index (χ4n) is 1.78. The third-order valence-corrected chi connectivity index (χ3v) is 2.76. The van der Waals surface area contributed by atoms with Crippen molar-refractivity contribution in [1.82, 2.24) is 0 Å². The monoisotopic (exact) mass is 257 g/mol. The van der Waals surface area contributed by atoms with Crippen molar-refractivity contribution in [2.75, 3.05) is 18.5 Å². The average Bonchev–Trinajstić information content (AvgIpc) is 2.46. The lowest BCUT2D eigenvalue weighted by Crippen LogP contribution is -2.03. The Morgan fingerprint density at radius 1 is 0.895 bits per heavy atom. The van der Waals surface area contributed by atoms with Crippen LogP contribution in [0.25, 0.3) is 0 Å². The van der Waals surface area contributed by atoms with Gasteiger partial charge in [0.1, 0.15) is 5.75 Å². The van der Waals surface area contributed by atoms with Crippen molar-refractivity contribution in [3.05, 3.63) is 54.6 Å². The predicted molar refractivity (Wildman–Crippen MR) is 77.8 cm³/mol. The van der Waals surface area contributed by atoms with E-state index >= 15 is 0 Å². The smallest absolute Gasteiger partial charge is 0.150 e. The second-order valence-electron chi connectivity index (χ2n) is 4.27. The first-order chi connectivity index (χ1) is 9.40. The molecule has 0 aliphatic carbocycles. The summed E-state index contributed by atoms with van der Waals surface area (Å²) in [5, 5.41) is 12.1. The Morgan fingerprint density at radius 3 is 2.42 bits per heavy atom. The quantitative estimate of drug-likeness (QED) is 0.744. The van der Waals surface area contributed by atoms with Gasteiger partial charge in [-0.1, -0.05) is 30.3 Å². The van der Waals surface area contributed by atoms with Gasteiger partial charge in [-0.3, -0.25) is 0 Å². The van der Waals surface area contributed by atoms with Gasteiger partial charge >= 0.3 is 0 Å². The Hall–Kier alpha value is -2.00. The molecule has 3 nitrogen and oxygen atoms in total. The van der Waals surface area contributed by atoms with Crippen LogP contribution < -0.4 is 10.1 Å². The van der Waals surface area contributed by atoms with E-state index in [1.54, 1.807) is 0 Å². The minimum absolute atomic E-state index is 0.240. The van der Waals surface area contributed by atoms with E-state index in [-0.39, 0.29) is 6.61 Å². The Bertz CT molecular complexity index is 485. The lowest BCUT2D eigenvalue weighted by Gasteiger charge is -2.12. The fourth-order valence-corrected chi connectivity index (χ4v) is 1.78. The number of aliphatic hydroxyl groups excluding tert-OH is 1. The molecule has 19 heavy (non-hydrogen) atoms. The first-order valence-electron chi connectivity index (χ1n) is 6.57. The summed E-state index contributed by atoms with van der Waals surface area (Å²) in [4.78, 5) is 0. The Labute approximate surface area is 113 Å². The number of ether oxygens (including phenoxy) is 1. The van der Waals surface area contributed by atoms with Gasteiger partial charge in [0.2, 0.25) is 0 Å². The molecule has 0 fully saturated rings. The summed E-state index contributed by atoms with van der Waals surface area (Å²) >= 11 is 0. The number of para-hydroxylation sites is 3. The summed E-state index contributed by atoms with van der Waals surface area (Å²) < 4.78 is 5.85. The molecule has 0 bridgehead atoms. The molecule has 0 amide bonds. The number of unbranched alkanes of at least 4 members (excludes halogenated alkanes) is 1. The maximum absolute atomic E-state index is 8.76. The summed E-state index contributed by atoms with van der Waals surface area (Å²) in [6, 6.07) is 17.6. The van der Waals surface area contributed by atoms with Crippen LogP contribution in [-0.4, -0.2) is 18.3 Å². The molecule has 0 heterocycles. The van der Waals surface area contributed by atoms with E-state index in [1.165, 1.54) is 0 Å². The number of hydrogen-bond donors (Lipinski definition) is 2. The summed E-state index contributed by atoms with van der Waals surface area (Å²) in [6.45, 7) is 1.07. The number of aliphatic hydroxyl groups is 1. The third-order valence-electron chi connectivity index (χ3n) is 2.76. The SMILES string of the molecule is OCCCCNc1ccccc1Oc1ccccc1. The minimum atomic E-state index is 0.240. The number of rotatable bonds is 7. The van der Waals surface area contributed by atoms with Crippen molar-refractivity contribution >= 4 is 5.69 Å². The molecule has 0 aromatic heterocycles. The van der Waals surface area contributed by atoms with E-state index in [0.29, 0.717) is 0 Å². The topological polar surface area (TPSA) is 41.5 Å². The zero-order valence-electron chi connectivity index (χ0n) is 10.9. The molecule has 2 aromatic carbocycles. The summed E-state index contributed by atoms with van der Waals surface area (Å²) in [5.74, 6) is 1.64. The molecular weight excluding hydrogens is 238 g/mol. The van der Waals surface area contributed by atoms with Crippen molar-refractivity contribution < 1.29 is 9.84 Å². The molecule has 0 unspecified atom stereocenters. The van der Waals surface area contributed by atoms with Crippen molar-refractivity contribution in [3.8, 4) is 11.5 Å². The highest BCUT2D eigenvalue weighted by Gasteiger charge is 2.03. The lowest BCUT2D eigenvalue weighted by atomic mass is 10.2. The van der Waals surface area contributed by atoms with Crippen molar-refractivity contribution in [2.24, 2.45) is 0 Å². The van der Waals surface area contributed by atoms with Crippen LogP contribution in [0.2, 0.25) is 0 Å². The number of nitrogens with one attached hydrogen (secondary N) is 1. The van der Waals surface area contributed by atoms with E-state index < -0.39 is 0 Å². The van der Waals surface area contributed by atoms with E-state index in [2.05, 4.69) is 5.32 Å². The van der Waals surface area contributed by atoms with Gasteiger partial charge in [0, 0.05) is 13.2 Å². The first-order valence-corrected chi connectivity index (χ1v) is 6.57. The standard InChI is InChI=1S/C16H19NO2/c18-13-7-6-12-17-15-10-4-5-11-16(15)19-14-8-2-1-3-9-14/h1-5,8-11,17-18H,6-7,12-13H2. The second-order valence-corrected chi connectivity index (χ2v) is 4.27. The van der Waals surface area contributed by atoms with Crippen LogP contribution in [0.3, 0.4) is 0 Å². The molecule has 0 saturated heterocycles. The zero-order valence-corrected chi connectivity index (χ0v) is 10.9. The van der Waals surface area contributed by atoms with E-state index in [1.807, 2.05) is 54.6 Å². The Morgan fingerprint density at radius 2 is 1.63 bits per heavy atom. The number of hydrogen-bond acceptors (Lipinski definition) is 3. The molecule has 2 rings (SSSR count). The largest absolute Gasteiger partial charge is 0.455 e. The highest BCUT2D eigenvalue weighted by molar-refractivity contribution is 5.57. The normalized spacial score (nSPS) is 10.2. The van der Waals surface area contributed by atoms with Crippen LogP contribution in [0.5, 0.6) is 11.5 Å². The van der Waals surface area contributed by atoms with Crippen LogP contribution in [0, 0.1) is 0 Å². The lowest BCUT2D eigenvalue weighted by molar-refractivity contribution is 0.286. The number of benzene rings is 2. The van der Waals surface area contributed by atoms with E-state index in [0.717, 1.165) is 36.6 Å². The highest BCUT2D eigenvalue weighted by atomic mass is 16.5. The van der Waals surface area contributed by atoms with Crippen molar-refractivity contribution in [1.29, 1.82) is 0 Å². The van der Waals surface area contributed by atoms with Crippen LogP contribution in [0.4, 0.5) is 5.69 Å². The zero-order chi connectivity index (χ0) is 13.3. The molecule has 0 aliphatic rings. The second kappa shape index (κ2) is 7.44. The van der Waals surface area contributed by atoms with Gasteiger partial charge in [-0.25, -0.2) is 0 Å². The molecule has 100 valence electrons. The minimum Gasteiger partial charge on any atom is -0.455 e. The summed E-state index contributed by atoms with van der Waals surface area (Å²) in [7, 11) is 0. The fraction of sp³-hybridized carbons (Fsp3) is 0.250. The average molecular weight is 257 g/mol. The van der Waals surface area contributed by atoms with Crippen LogP contribution in [0.1, 0.15) is 12.8 Å².